The first-order chi connectivity index (χ1) is 18.0. The SMILES string of the molecule is COc1cccc(CC(=N)NCC(=O)NC(C(=O)N[C@@H]2C(=O)N3[C@@H]2SC(C)(C)[C@@H]3C(=O)O)c2cccs2)c1. The Morgan fingerprint density at radius 2 is 2.00 bits per heavy atom. The number of carbonyl (C=O) groups is 4. The van der Waals surface area contributed by atoms with Crippen molar-refractivity contribution in [2.75, 3.05) is 13.7 Å². The zero-order valence-corrected chi connectivity index (χ0v) is 22.7. The van der Waals surface area contributed by atoms with Gasteiger partial charge in [0.2, 0.25) is 17.7 Å². The van der Waals surface area contributed by atoms with Crippen LogP contribution in [-0.4, -0.2) is 75.4 Å². The average Bonchev–Trinajstić information content (AvgIpc) is 3.49. The second-order valence-corrected chi connectivity index (χ2v) is 12.2. The third-order valence-corrected chi connectivity index (χ3v) is 8.85. The van der Waals surface area contributed by atoms with Crippen molar-refractivity contribution in [2.45, 2.75) is 48.5 Å². The number of hydrogen-bond donors (Lipinski definition) is 5. The number of hydrogen-bond acceptors (Lipinski definition) is 8. The topological polar surface area (TPSA) is 161 Å². The fourth-order valence-corrected chi connectivity index (χ4v) is 6.95. The number of carboxylic acids is 1. The Hall–Kier alpha value is -3.58. The highest BCUT2D eigenvalue weighted by molar-refractivity contribution is 8.01. The lowest BCUT2D eigenvalue weighted by atomic mass is 9.96. The first kappa shape index (κ1) is 27.5. The fraction of sp³-hybridized carbons (Fsp3) is 0.400. The number of aliphatic carboxylic acids is 1. The Bertz CT molecular complexity index is 1250. The summed E-state index contributed by atoms with van der Waals surface area (Å²) in [5, 5.41) is 27.2. The Balaban J connectivity index is 1.36. The molecule has 0 radical (unpaired) electrons. The second kappa shape index (κ2) is 11.0. The molecule has 3 heterocycles. The number of amidine groups is 1. The van der Waals surface area contributed by atoms with Crippen LogP contribution in [0.2, 0.25) is 0 Å². The lowest BCUT2D eigenvalue weighted by molar-refractivity contribution is -0.161. The quantitative estimate of drug-likeness (QED) is 0.166. The molecule has 1 aromatic carbocycles. The van der Waals surface area contributed by atoms with Gasteiger partial charge in [0.25, 0.3) is 0 Å². The maximum absolute atomic E-state index is 13.2. The number of benzene rings is 1. The Morgan fingerprint density at radius 1 is 1.24 bits per heavy atom. The molecule has 0 bridgehead atoms. The summed E-state index contributed by atoms with van der Waals surface area (Å²) in [6, 6.07) is 7.81. The number of β-lactam (4-membered cyclic amide) rings is 1. The second-order valence-electron chi connectivity index (χ2n) is 9.46. The largest absolute Gasteiger partial charge is 0.497 e. The van der Waals surface area contributed by atoms with Crippen LogP contribution in [0.5, 0.6) is 5.75 Å². The lowest BCUT2D eigenvalue weighted by Crippen LogP contribution is -2.71. The number of fused-ring (bicyclic) bond motifs is 1. The predicted octanol–water partition coefficient (Wildman–Crippen LogP) is 1.36. The predicted molar refractivity (Wildman–Crippen MR) is 143 cm³/mol. The van der Waals surface area contributed by atoms with E-state index in [2.05, 4.69) is 16.0 Å². The summed E-state index contributed by atoms with van der Waals surface area (Å²) < 4.78 is 4.47. The zero-order valence-electron chi connectivity index (χ0n) is 21.0. The van der Waals surface area contributed by atoms with Crippen molar-refractivity contribution >= 4 is 52.6 Å². The summed E-state index contributed by atoms with van der Waals surface area (Å²) in [5.74, 6) is -1.82. The maximum atomic E-state index is 13.2. The van der Waals surface area contributed by atoms with Gasteiger partial charge in [0.15, 0.2) is 0 Å². The van der Waals surface area contributed by atoms with Crippen molar-refractivity contribution in [3.05, 3.63) is 52.2 Å². The number of thiophene rings is 1. The third kappa shape index (κ3) is 5.63. The summed E-state index contributed by atoms with van der Waals surface area (Å²) in [7, 11) is 1.56. The van der Waals surface area contributed by atoms with Crippen LogP contribution in [-0.2, 0) is 25.6 Å². The normalized spacial score (nSPS) is 22.0. The first-order valence-corrected chi connectivity index (χ1v) is 13.6. The van der Waals surface area contributed by atoms with E-state index in [1.165, 1.54) is 28.0 Å². The van der Waals surface area contributed by atoms with Gasteiger partial charge in [-0.2, -0.15) is 0 Å². The third-order valence-electron chi connectivity index (χ3n) is 6.35. The number of thioether (sulfide) groups is 1. The highest BCUT2D eigenvalue weighted by Gasteiger charge is 2.64. The molecule has 4 rings (SSSR count). The van der Waals surface area contributed by atoms with E-state index in [1.807, 2.05) is 12.1 Å². The minimum Gasteiger partial charge on any atom is -0.497 e. The van der Waals surface area contributed by atoms with E-state index in [1.54, 1.807) is 50.6 Å². The van der Waals surface area contributed by atoms with Crippen LogP contribution in [0.1, 0.15) is 30.3 Å². The molecule has 2 aromatic rings. The van der Waals surface area contributed by atoms with E-state index < -0.39 is 51.9 Å². The molecule has 5 N–H and O–H groups in total. The molecule has 1 aromatic heterocycles. The van der Waals surface area contributed by atoms with Crippen LogP contribution in [0, 0.1) is 5.41 Å². The summed E-state index contributed by atoms with van der Waals surface area (Å²) >= 11 is 2.61. The molecule has 0 aliphatic carbocycles. The van der Waals surface area contributed by atoms with Gasteiger partial charge >= 0.3 is 5.97 Å². The molecular formula is C25H29N5O6S2. The van der Waals surface area contributed by atoms with Crippen molar-refractivity contribution in [1.82, 2.24) is 20.9 Å². The lowest BCUT2D eigenvalue weighted by Gasteiger charge is -2.43. The van der Waals surface area contributed by atoms with Crippen LogP contribution in [0.25, 0.3) is 0 Å². The molecule has 4 atom stereocenters. The van der Waals surface area contributed by atoms with Gasteiger partial charge in [-0.15, -0.1) is 23.1 Å². The summed E-state index contributed by atoms with van der Waals surface area (Å²) in [4.78, 5) is 52.4. The van der Waals surface area contributed by atoms with Crippen molar-refractivity contribution in [2.24, 2.45) is 0 Å². The van der Waals surface area contributed by atoms with Crippen LogP contribution in [0.4, 0.5) is 0 Å². The fourth-order valence-electron chi connectivity index (χ4n) is 4.55. The maximum Gasteiger partial charge on any atom is 0.327 e. The monoisotopic (exact) mass is 559 g/mol. The van der Waals surface area contributed by atoms with Crippen molar-refractivity contribution in [3.63, 3.8) is 0 Å². The van der Waals surface area contributed by atoms with Gasteiger partial charge in [-0.1, -0.05) is 18.2 Å². The number of methoxy groups -OCH3 is 1. The van der Waals surface area contributed by atoms with E-state index in [4.69, 9.17) is 10.1 Å². The molecule has 2 fully saturated rings. The Morgan fingerprint density at radius 3 is 2.66 bits per heavy atom. The molecule has 0 spiro atoms. The van der Waals surface area contributed by atoms with E-state index in [0.29, 0.717) is 10.6 Å². The molecule has 202 valence electrons. The van der Waals surface area contributed by atoms with Crippen molar-refractivity contribution in [3.8, 4) is 5.75 Å². The smallest absolute Gasteiger partial charge is 0.327 e. The molecule has 1 unspecified atom stereocenters. The van der Waals surface area contributed by atoms with Gasteiger partial charge < -0.3 is 30.7 Å². The molecule has 11 nitrogen and oxygen atoms in total. The number of carbonyl (C=O) groups excluding carboxylic acids is 3. The summed E-state index contributed by atoms with van der Waals surface area (Å²) in [5.41, 5.74) is 0.843. The molecule has 13 heteroatoms. The highest BCUT2D eigenvalue weighted by atomic mass is 32.2. The molecule has 38 heavy (non-hydrogen) atoms. The molecule has 0 saturated carbocycles. The molecule has 2 aliphatic heterocycles. The van der Waals surface area contributed by atoms with Crippen LogP contribution < -0.4 is 20.7 Å². The minimum atomic E-state index is -1.09. The number of rotatable bonds is 10. The highest BCUT2D eigenvalue weighted by Crippen LogP contribution is 2.50. The molecule has 2 saturated heterocycles. The Labute approximate surface area is 227 Å². The van der Waals surface area contributed by atoms with Gasteiger partial charge in [0, 0.05) is 16.0 Å². The van der Waals surface area contributed by atoms with Gasteiger partial charge in [-0.05, 0) is 43.0 Å². The number of ether oxygens (including phenoxy) is 1. The van der Waals surface area contributed by atoms with Gasteiger partial charge in [0.1, 0.15) is 29.2 Å². The van der Waals surface area contributed by atoms with E-state index in [0.717, 1.165) is 5.56 Å². The summed E-state index contributed by atoms with van der Waals surface area (Å²) in [6.07, 6.45) is 0.270. The number of nitrogens with zero attached hydrogens (tertiary/aromatic N) is 1. The van der Waals surface area contributed by atoms with E-state index in [9.17, 15) is 24.3 Å². The van der Waals surface area contributed by atoms with Crippen LogP contribution >= 0.6 is 23.1 Å². The minimum absolute atomic E-state index is 0.125. The van der Waals surface area contributed by atoms with Crippen molar-refractivity contribution < 1.29 is 29.0 Å². The van der Waals surface area contributed by atoms with E-state index >= 15 is 0 Å². The van der Waals surface area contributed by atoms with E-state index in [-0.39, 0.29) is 18.8 Å². The number of amides is 3. The molecule has 2 aliphatic rings. The number of carboxylic acid groups (broad SMARTS) is 1. The first-order valence-electron chi connectivity index (χ1n) is 11.8. The molecule has 3 amide bonds. The number of nitrogens with one attached hydrogen (secondary N) is 4. The summed E-state index contributed by atoms with van der Waals surface area (Å²) in [6.45, 7) is 3.30. The van der Waals surface area contributed by atoms with Gasteiger partial charge in [-0.3, -0.25) is 19.8 Å². The zero-order chi connectivity index (χ0) is 27.6. The molecular weight excluding hydrogens is 530 g/mol. The van der Waals surface area contributed by atoms with Gasteiger partial charge in [0.05, 0.1) is 19.5 Å². The standard InChI is InChI=1S/C25H29N5O6S2/c1-25(2)20(24(34)35)30-22(33)19(23(30)38-25)29-21(32)18(15-8-5-9-37-15)28-17(31)12-27-16(26)11-13-6-4-7-14(10-13)36-3/h4-10,18-20,23H,11-12H2,1-3H3,(H2,26,27)(H,28,31)(H,29,32)(H,34,35)/t18?,19-,20+,23-/m1/s1. The van der Waals surface area contributed by atoms with Crippen LogP contribution in [0.15, 0.2) is 41.8 Å². The average molecular weight is 560 g/mol. The van der Waals surface area contributed by atoms with Gasteiger partial charge in [-0.25, -0.2) is 4.79 Å². The van der Waals surface area contributed by atoms with Crippen LogP contribution in [0.3, 0.4) is 0 Å². The van der Waals surface area contributed by atoms with Crippen molar-refractivity contribution in [1.29, 1.82) is 5.41 Å². The Kier molecular flexibility index (Phi) is 7.97.